The highest BCUT2D eigenvalue weighted by Crippen LogP contribution is 2.63. The van der Waals surface area contributed by atoms with Gasteiger partial charge in [0.15, 0.2) is 5.60 Å². The van der Waals surface area contributed by atoms with Gasteiger partial charge in [-0.15, -0.1) is 0 Å². The predicted molar refractivity (Wildman–Crippen MR) is 89.9 cm³/mol. The summed E-state index contributed by atoms with van der Waals surface area (Å²) in [6.07, 6.45) is 4.82. The van der Waals surface area contributed by atoms with Gasteiger partial charge in [-0.2, -0.15) is 0 Å². The Bertz CT molecular complexity index is 719. The summed E-state index contributed by atoms with van der Waals surface area (Å²) in [6, 6.07) is 0. The molecule has 1 aliphatic heterocycles. The van der Waals surface area contributed by atoms with Crippen molar-refractivity contribution in [2.24, 2.45) is 16.7 Å². The Morgan fingerprint density at radius 3 is 2.62 bits per heavy atom. The molecule has 0 aromatic carbocycles. The zero-order chi connectivity index (χ0) is 19.3. The molecule has 0 radical (unpaired) electrons. The van der Waals surface area contributed by atoms with Crippen molar-refractivity contribution in [2.45, 2.75) is 51.7 Å². The molecule has 0 aromatic rings. The smallest absolute Gasteiger partial charge is 0.343 e. The summed E-state index contributed by atoms with van der Waals surface area (Å²) in [4.78, 5) is 35.1. The number of fused-ring (bicyclic) bond motifs is 3. The van der Waals surface area contributed by atoms with E-state index in [1.54, 1.807) is 6.08 Å². The fraction of sp³-hybridized carbons (Fsp3) is 0.632. The zero-order valence-electron chi connectivity index (χ0n) is 15.2. The van der Waals surface area contributed by atoms with Crippen LogP contribution in [0.1, 0.15) is 40.0 Å². The van der Waals surface area contributed by atoms with Gasteiger partial charge >= 0.3 is 17.9 Å². The third-order valence-electron chi connectivity index (χ3n) is 6.30. The van der Waals surface area contributed by atoms with Gasteiger partial charge in [0.25, 0.3) is 0 Å². The maximum Gasteiger partial charge on any atom is 0.343 e. The van der Waals surface area contributed by atoms with Crippen LogP contribution in [0.5, 0.6) is 0 Å². The molecule has 0 spiro atoms. The van der Waals surface area contributed by atoms with Gasteiger partial charge in [0.1, 0.15) is 12.7 Å². The molecule has 4 atom stereocenters. The van der Waals surface area contributed by atoms with Crippen LogP contribution in [0, 0.1) is 16.7 Å². The minimum absolute atomic E-state index is 0.0307. The van der Waals surface area contributed by atoms with Gasteiger partial charge in [0.05, 0.1) is 0 Å². The second-order valence-electron chi connectivity index (χ2n) is 8.29. The number of aliphatic hydroxyl groups is 1. The van der Waals surface area contributed by atoms with Gasteiger partial charge in [0, 0.05) is 29.1 Å². The number of carboxylic acid groups (broad SMARTS) is 1. The van der Waals surface area contributed by atoms with Crippen LogP contribution in [-0.2, 0) is 23.9 Å². The lowest BCUT2D eigenvalue weighted by molar-refractivity contribution is -0.194. The lowest BCUT2D eigenvalue weighted by atomic mass is 9.46. The van der Waals surface area contributed by atoms with Gasteiger partial charge in [-0.25, -0.2) is 14.4 Å². The van der Waals surface area contributed by atoms with E-state index in [1.165, 1.54) is 0 Å². The van der Waals surface area contributed by atoms with E-state index in [9.17, 15) is 19.5 Å². The van der Waals surface area contributed by atoms with Gasteiger partial charge in [-0.3, -0.25) is 0 Å². The number of carbonyl (C=O) groups is 3. The molecule has 0 bridgehead atoms. The van der Waals surface area contributed by atoms with Gasteiger partial charge < -0.3 is 19.7 Å². The highest BCUT2D eigenvalue weighted by Gasteiger charge is 2.69. The zero-order valence-corrected chi connectivity index (χ0v) is 15.2. The van der Waals surface area contributed by atoms with E-state index >= 15 is 0 Å². The molecule has 2 aliphatic carbocycles. The van der Waals surface area contributed by atoms with E-state index in [1.807, 2.05) is 20.8 Å². The molecule has 1 saturated heterocycles. The minimum Gasteiger partial charge on any atom is -0.478 e. The van der Waals surface area contributed by atoms with Crippen molar-refractivity contribution >= 4 is 17.9 Å². The van der Waals surface area contributed by atoms with Crippen molar-refractivity contribution in [1.29, 1.82) is 0 Å². The maximum atomic E-state index is 12.4. The number of rotatable bonds is 3. The molecule has 0 unspecified atom stereocenters. The maximum absolute atomic E-state index is 12.4. The average molecular weight is 364 g/mol. The van der Waals surface area contributed by atoms with Crippen LogP contribution in [0.3, 0.4) is 0 Å². The highest BCUT2D eigenvalue weighted by molar-refractivity contribution is 5.91. The monoisotopic (exact) mass is 364 g/mol. The molecule has 7 nitrogen and oxygen atoms in total. The first-order valence-corrected chi connectivity index (χ1v) is 8.75. The van der Waals surface area contributed by atoms with E-state index < -0.39 is 35.0 Å². The molecule has 1 saturated carbocycles. The first-order chi connectivity index (χ1) is 12.0. The van der Waals surface area contributed by atoms with E-state index in [4.69, 9.17) is 14.6 Å². The van der Waals surface area contributed by atoms with E-state index in [0.717, 1.165) is 25.0 Å². The van der Waals surface area contributed by atoms with Crippen molar-refractivity contribution in [1.82, 2.24) is 0 Å². The first kappa shape index (κ1) is 18.6. The van der Waals surface area contributed by atoms with Crippen LogP contribution in [-0.4, -0.2) is 46.4 Å². The molecular formula is C19H24O7. The van der Waals surface area contributed by atoms with Crippen molar-refractivity contribution < 1.29 is 34.1 Å². The normalized spacial score (nSPS) is 38.2. The lowest BCUT2D eigenvalue weighted by Crippen LogP contribution is -2.65. The van der Waals surface area contributed by atoms with Crippen molar-refractivity contribution in [3.63, 3.8) is 0 Å². The van der Waals surface area contributed by atoms with Crippen LogP contribution >= 0.6 is 0 Å². The molecule has 1 heterocycles. The Labute approximate surface area is 151 Å². The number of hydrogen-bond acceptors (Lipinski definition) is 6. The summed E-state index contributed by atoms with van der Waals surface area (Å²) in [5.41, 5.74) is -2.43. The topological polar surface area (TPSA) is 110 Å². The highest BCUT2D eigenvalue weighted by atomic mass is 16.6. The second-order valence-corrected chi connectivity index (χ2v) is 8.29. The molecule has 26 heavy (non-hydrogen) atoms. The van der Waals surface area contributed by atoms with Gasteiger partial charge in [0.2, 0.25) is 0 Å². The molecule has 142 valence electrons. The number of esters is 2. The first-order valence-electron chi connectivity index (χ1n) is 8.75. The summed E-state index contributed by atoms with van der Waals surface area (Å²) in [5.74, 6) is -2.97. The molecule has 2 fully saturated rings. The lowest BCUT2D eigenvalue weighted by Gasteiger charge is -2.59. The van der Waals surface area contributed by atoms with Crippen LogP contribution < -0.4 is 0 Å². The molecule has 0 amide bonds. The van der Waals surface area contributed by atoms with Gasteiger partial charge in [-0.1, -0.05) is 27.2 Å². The number of carboxylic acids is 1. The number of ether oxygens (including phenoxy) is 2. The van der Waals surface area contributed by atoms with E-state index in [-0.39, 0.29) is 17.9 Å². The molecule has 0 aromatic heterocycles. The molecular weight excluding hydrogens is 340 g/mol. The molecule has 3 aliphatic rings. The summed E-state index contributed by atoms with van der Waals surface area (Å²) >= 11 is 0. The fourth-order valence-electron chi connectivity index (χ4n) is 5.26. The number of cyclic esters (lactones) is 1. The largest absolute Gasteiger partial charge is 0.478 e. The standard InChI is InChI=1S/C19H24O7/c1-17(2)7-4-8-18(3)15(17)12(26-14(22)6-5-13(20)21)9-11-10-25-16(23)19(11,18)24/h5-6,9,12,15,24H,4,7-8,10H2,1-3H3,(H,20,21)/b6-5+/t12-,15-,18-,19-/m1/s1. The Morgan fingerprint density at radius 1 is 1.27 bits per heavy atom. The predicted octanol–water partition coefficient (Wildman–Crippen LogP) is 1.60. The Balaban J connectivity index is 2.04. The SMILES string of the molecule is CC1(C)CCC[C@]2(C)[C@@H]1[C@H](OC(=O)/C=C/C(=O)O)C=C1COC(=O)[C@]12O. The van der Waals surface area contributed by atoms with Crippen molar-refractivity contribution in [3.05, 3.63) is 23.8 Å². The Morgan fingerprint density at radius 2 is 1.96 bits per heavy atom. The van der Waals surface area contributed by atoms with Crippen LogP contribution in [0.15, 0.2) is 23.8 Å². The summed E-state index contributed by atoms with van der Waals surface area (Å²) < 4.78 is 10.7. The quantitative estimate of drug-likeness (QED) is 0.444. The Kier molecular flexibility index (Phi) is 4.26. The van der Waals surface area contributed by atoms with Gasteiger partial charge in [-0.05, 0) is 24.3 Å². The number of aliphatic carboxylic acids is 1. The third kappa shape index (κ3) is 2.57. The minimum atomic E-state index is -1.71. The molecule has 3 rings (SSSR count). The van der Waals surface area contributed by atoms with Crippen molar-refractivity contribution in [3.8, 4) is 0 Å². The molecule has 7 heteroatoms. The second kappa shape index (κ2) is 5.94. The Hall–Kier alpha value is -2.15. The summed E-state index contributed by atoms with van der Waals surface area (Å²) in [6.45, 7) is 5.89. The summed E-state index contributed by atoms with van der Waals surface area (Å²) in [7, 11) is 0. The summed E-state index contributed by atoms with van der Waals surface area (Å²) in [5, 5.41) is 20.0. The van der Waals surface area contributed by atoms with Crippen LogP contribution in [0.25, 0.3) is 0 Å². The third-order valence-corrected chi connectivity index (χ3v) is 6.30. The van der Waals surface area contributed by atoms with Crippen LogP contribution in [0.2, 0.25) is 0 Å². The average Bonchev–Trinajstić information content (AvgIpc) is 2.82. The fourth-order valence-corrected chi connectivity index (χ4v) is 5.26. The number of hydrogen-bond donors (Lipinski definition) is 2. The molecule has 2 N–H and O–H groups in total. The van der Waals surface area contributed by atoms with Crippen LogP contribution in [0.4, 0.5) is 0 Å². The van der Waals surface area contributed by atoms with E-state index in [0.29, 0.717) is 12.0 Å². The van der Waals surface area contributed by atoms with E-state index in [2.05, 4.69) is 0 Å². The van der Waals surface area contributed by atoms with Crippen molar-refractivity contribution in [2.75, 3.05) is 6.61 Å². The number of carbonyl (C=O) groups excluding carboxylic acids is 2.